The third kappa shape index (κ3) is 30.8. The summed E-state index contributed by atoms with van der Waals surface area (Å²) >= 11 is 3.65. The minimum Gasteiger partial charge on any atom is -0.465 e. The Kier molecular flexibility index (Phi) is 33.0. The fourth-order valence-corrected chi connectivity index (χ4v) is 5.88. The number of ether oxygens (including phenoxy) is 2. The van der Waals surface area contributed by atoms with E-state index in [4.69, 9.17) is 9.47 Å². The molecule has 0 fully saturated rings. The highest BCUT2D eigenvalue weighted by molar-refractivity contribution is 7.99. The number of carbonyl (C=O) groups is 2. The van der Waals surface area contributed by atoms with Gasteiger partial charge in [0.1, 0.15) is 13.2 Å². The van der Waals surface area contributed by atoms with Crippen LogP contribution in [0.4, 0.5) is 0 Å². The predicted octanol–water partition coefficient (Wildman–Crippen LogP) is 5.57. The van der Waals surface area contributed by atoms with Crippen LogP contribution in [0.15, 0.2) is 24.3 Å². The predicted molar refractivity (Wildman–Crippen MR) is 184 cm³/mol. The van der Waals surface area contributed by atoms with Crippen LogP contribution in [0.2, 0.25) is 0 Å². The van der Waals surface area contributed by atoms with Crippen LogP contribution in [0.3, 0.4) is 0 Å². The van der Waals surface area contributed by atoms with Crippen LogP contribution in [0.5, 0.6) is 0 Å². The van der Waals surface area contributed by atoms with Gasteiger partial charge < -0.3 is 24.6 Å². The fourth-order valence-electron chi connectivity index (χ4n) is 4.25. The number of allylic oxidation sites excluding steroid dienone is 4. The number of aliphatic hydroxyl groups is 2. The van der Waals surface area contributed by atoms with Crippen LogP contribution in [-0.4, -0.2) is 121 Å². The summed E-state index contributed by atoms with van der Waals surface area (Å²) < 4.78 is 10.9. The molecule has 0 saturated heterocycles. The number of hydrogen-bond donors (Lipinski definition) is 2. The van der Waals surface area contributed by atoms with E-state index in [0.717, 1.165) is 61.7 Å². The minimum absolute atomic E-state index is 0.0462. The standard InChI is InChI=1S/C33H62N2O6S2/c1-3-5-7-9-11-13-28-42-30-26-40-32(38)16-20-34(18-15-19-35(22-24-36)23-25-37)21-17-33(39)41-27-31-43-29-14-12-10-8-6-4-2/h5-8,36-37H,3-4,9-31H2,1-2H3/b7-5-,8-6-. The Morgan fingerprint density at radius 2 is 1.02 bits per heavy atom. The quantitative estimate of drug-likeness (QED) is 0.0548. The largest absolute Gasteiger partial charge is 0.465 e. The number of esters is 2. The van der Waals surface area contributed by atoms with E-state index < -0.39 is 0 Å². The molecule has 0 aliphatic rings. The Labute approximate surface area is 271 Å². The van der Waals surface area contributed by atoms with Gasteiger partial charge in [-0.3, -0.25) is 14.5 Å². The van der Waals surface area contributed by atoms with Crippen LogP contribution in [-0.2, 0) is 19.1 Å². The van der Waals surface area contributed by atoms with Gasteiger partial charge in [-0.1, -0.05) is 38.2 Å². The van der Waals surface area contributed by atoms with Gasteiger partial charge in [-0.05, 0) is 82.4 Å². The second kappa shape index (κ2) is 33.8. The molecule has 0 spiro atoms. The Morgan fingerprint density at radius 1 is 0.581 bits per heavy atom. The Bertz CT molecular complexity index is 644. The van der Waals surface area contributed by atoms with Crippen molar-refractivity contribution < 1.29 is 29.3 Å². The van der Waals surface area contributed by atoms with Crippen molar-refractivity contribution in [3.05, 3.63) is 24.3 Å². The maximum Gasteiger partial charge on any atom is 0.307 e. The zero-order valence-electron chi connectivity index (χ0n) is 27.2. The lowest BCUT2D eigenvalue weighted by Gasteiger charge is -2.24. The molecule has 0 saturated carbocycles. The van der Waals surface area contributed by atoms with E-state index in [9.17, 15) is 19.8 Å². The normalized spacial score (nSPS) is 11.9. The van der Waals surface area contributed by atoms with Gasteiger partial charge in [0, 0.05) is 37.7 Å². The first-order valence-electron chi connectivity index (χ1n) is 16.5. The van der Waals surface area contributed by atoms with Crippen molar-refractivity contribution in [2.75, 3.05) is 88.7 Å². The van der Waals surface area contributed by atoms with Gasteiger partial charge >= 0.3 is 11.9 Å². The second-order valence-corrected chi connectivity index (χ2v) is 12.9. The van der Waals surface area contributed by atoms with Crippen LogP contribution < -0.4 is 0 Å². The molecule has 10 heteroatoms. The maximum absolute atomic E-state index is 12.4. The SMILES string of the molecule is CC/C=C\CCCCSCCOC(=O)CCN(CCCN(CCO)CCO)CCC(=O)OCCSCCCC/C=C\CC. The zero-order chi connectivity index (χ0) is 31.6. The average molecular weight is 647 g/mol. The summed E-state index contributed by atoms with van der Waals surface area (Å²) in [5, 5.41) is 18.5. The van der Waals surface area contributed by atoms with Gasteiger partial charge in [0.25, 0.3) is 0 Å². The molecule has 0 aliphatic carbocycles. The third-order valence-corrected chi connectivity index (χ3v) is 8.72. The summed E-state index contributed by atoms with van der Waals surface area (Å²) in [7, 11) is 0. The third-order valence-electron chi connectivity index (χ3n) is 6.65. The van der Waals surface area contributed by atoms with Crippen molar-refractivity contribution in [3.8, 4) is 0 Å². The number of rotatable bonds is 32. The molecular formula is C33H62N2O6S2. The summed E-state index contributed by atoms with van der Waals surface area (Å²) in [6, 6.07) is 0. The zero-order valence-corrected chi connectivity index (χ0v) is 28.9. The minimum atomic E-state index is -0.210. The number of nitrogens with zero attached hydrogens (tertiary/aromatic N) is 2. The lowest BCUT2D eigenvalue weighted by Crippen LogP contribution is -2.35. The lowest BCUT2D eigenvalue weighted by atomic mass is 10.2. The van der Waals surface area contributed by atoms with E-state index in [1.807, 2.05) is 28.4 Å². The van der Waals surface area contributed by atoms with E-state index in [0.29, 0.717) is 45.9 Å². The van der Waals surface area contributed by atoms with Crippen molar-refractivity contribution in [2.24, 2.45) is 0 Å². The summed E-state index contributed by atoms with van der Waals surface area (Å²) in [6.07, 6.45) is 19.5. The lowest BCUT2D eigenvalue weighted by molar-refractivity contribution is -0.143. The Morgan fingerprint density at radius 3 is 1.44 bits per heavy atom. The van der Waals surface area contributed by atoms with Gasteiger partial charge in [0.2, 0.25) is 0 Å². The van der Waals surface area contributed by atoms with Gasteiger partial charge in [-0.2, -0.15) is 23.5 Å². The van der Waals surface area contributed by atoms with Crippen LogP contribution in [0.1, 0.15) is 84.5 Å². The van der Waals surface area contributed by atoms with Crippen molar-refractivity contribution in [1.29, 1.82) is 0 Å². The van der Waals surface area contributed by atoms with E-state index in [-0.39, 0.29) is 38.0 Å². The number of hydrogen-bond acceptors (Lipinski definition) is 10. The summed E-state index contributed by atoms with van der Waals surface area (Å²) in [6.45, 7) is 8.75. The molecular weight excluding hydrogens is 585 g/mol. The molecule has 43 heavy (non-hydrogen) atoms. The van der Waals surface area contributed by atoms with Gasteiger partial charge in [0.05, 0.1) is 26.1 Å². The fraction of sp³-hybridized carbons (Fsp3) is 0.818. The first-order valence-corrected chi connectivity index (χ1v) is 18.8. The Hall–Kier alpha value is -1.04. The molecule has 0 amide bonds. The van der Waals surface area contributed by atoms with Gasteiger partial charge in [-0.15, -0.1) is 0 Å². The molecule has 0 aliphatic heterocycles. The molecule has 0 atom stereocenters. The molecule has 0 radical (unpaired) electrons. The van der Waals surface area contributed by atoms with Gasteiger partial charge in [-0.25, -0.2) is 0 Å². The van der Waals surface area contributed by atoms with E-state index in [2.05, 4.69) is 43.1 Å². The van der Waals surface area contributed by atoms with Crippen molar-refractivity contribution >= 4 is 35.5 Å². The average Bonchev–Trinajstić information content (AvgIpc) is 3.00. The first-order chi connectivity index (χ1) is 21.1. The van der Waals surface area contributed by atoms with Crippen molar-refractivity contribution in [3.63, 3.8) is 0 Å². The summed E-state index contributed by atoms with van der Waals surface area (Å²) in [5.74, 6) is 3.37. The highest BCUT2D eigenvalue weighted by atomic mass is 32.2. The van der Waals surface area contributed by atoms with E-state index in [1.165, 1.54) is 25.7 Å². The number of carbonyl (C=O) groups excluding carboxylic acids is 2. The van der Waals surface area contributed by atoms with E-state index >= 15 is 0 Å². The van der Waals surface area contributed by atoms with Crippen molar-refractivity contribution in [1.82, 2.24) is 9.80 Å². The molecule has 2 N–H and O–H groups in total. The summed E-state index contributed by atoms with van der Waals surface area (Å²) in [5.41, 5.74) is 0. The molecule has 0 unspecified atom stereocenters. The molecule has 0 bridgehead atoms. The molecule has 0 aromatic carbocycles. The number of aliphatic hydroxyl groups excluding tert-OH is 2. The molecule has 252 valence electrons. The molecule has 0 aromatic heterocycles. The highest BCUT2D eigenvalue weighted by Crippen LogP contribution is 2.09. The molecule has 0 aromatic rings. The summed E-state index contributed by atoms with van der Waals surface area (Å²) in [4.78, 5) is 28.9. The second-order valence-electron chi connectivity index (χ2n) is 10.4. The van der Waals surface area contributed by atoms with Crippen LogP contribution in [0, 0.1) is 0 Å². The monoisotopic (exact) mass is 646 g/mol. The van der Waals surface area contributed by atoms with Crippen LogP contribution >= 0.6 is 23.5 Å². The molecule has 0 rings (SSSR count). The van der Waals surface area contributed by atoms with Crippen LogP contribution in [0.25, 0.3) is 0 Å². The topological polar surface area (TPSA) is 99.5 Å². The number of thioether (sulfide) groups is 2. The number of unbranched alkanes of at least 4 members (excludes halogenated alkanes) is 4. The molecule has 0 heterocycles. The van der Waals surface area contributed by atoms with Gasteiger partial charge in [0.15, 0.2) is 0 Å². The maximum atomic E-state index is 12.4. The Balaban J connectivity index is 4.31. The molecule has 8 nitrogen and oxygen atoms in total. The first kappa shape index (κ1) is 42.0. The smallest absolute Gasteiger partial charge is 0.307 e. The van der Waals surface area contributed by atoms with E-state index in [1.54, 1.807) is 0 Å². The highest BCUT2D eigenvalue weighted by Gasteiger charge is 2.13. The van der Waals surface area contributed by atoms with Crippen molar-refractivity contribution in [2.45, 2.75) is 84.5 Å².